The molecule has 0 spiro atoms. The Morgan fingerprint density at radius 1 is 1.39 bits per heavy atom. The van der Waals surface area contributed by atoms with Gasteiger partial charge < -0.3 is 14.2 Å². The van der Waals surface area contributed by atoms with Crippen molar-refractivity contribution in [3.63, 3.8) is 0 Å². The van der Waals surface area contributed by atoms with E-state index in [9.17, 15) is 9.59 Å². The Morgan fingerprint density at radius 3 is 2.56 bits per heavy atom. The number of hydrogen-bond acceptors (Lipinski definition) is 5. The van der Waals surface area contributed by atoms with E-state index in [-0.39, 0.29) is 6.61 Å². The number of hydrogen-bond donors (Lipinski definition) is 0. The summed E-state index contributed by atoms with van der Waals surface area (Å²) in [6.45, 7) is 3.52. The highest BCUT2D eigenvalue weighted by atomic mass is 16.7. The molecular formula is C13H14O5. The molecule has 5 heteroatoms. The van der Waals surface area contributed by atoms with Gasteiger partial charge in [-0.2, -0.15) is 0 Å². The van der Waals surface area contributed by atoms with E-state index < -0.39 is 12.3 Å². The van der Waals surface area contributed by atoms with Crippen LogP contribution in [0.1, 0.15) is 10.4 Å². The smallest absolute Gasteiger partial charge is 0.376 e. The van der Waals surface area contributed by atoms with E-state index in [2.05, 4.69) is 6.58 Å². The summed E-state index contributed by atoms with van der Waals surface area (Å²) in [7, 11) is 1.33. The van der Waals surface area contributed by atoms with Gasteiger partial charge in [-0.15, -0.1) is 0 Å². The molecule has 18 heavy (non-hydrogen) atoms. The highest BCUT2D eigenvalue weighted by Crippen LogP contribution is 2.14. The molecule has 0 heterocycles. The monoisotopic (exact) mass is 250 g/mol. The second kappa shape index (κ2) is 7.24. The summed E-state index contributed by atoms with van der Waals surface area (Å²) >= 11 is 0. The molecule has 0 saturated heterocycles. The zero-order chi connectivity index (χ0) is 13.4. The lowest BCUT2D eigenvalue weighted by atomic mass is 10.2. The minimum atomic E-state index is -1.15. The molecule has 0 fully saturated rings. The number of rotatable bonds is 7. The van der Waals surface area contributed by atoms with Crippen LogP contribution < -0.4 is 4.74 Å². The predicted octanol–water partition coefficient (Wildman–Crippen LogP) is 1.58. The van der Waals surface area contributed by atoms with Gasteiger partial charge >= 0.3 is 5.97 Å². The van der Waals surface area contributed by atoms with Gasteiger partial charge in [0.05, 0.1) is 0 Å². The average molecular weight is 250 g/mol. The summed E-state index contributed by atoms with van der Waals surface area (Å²) in [5, 5.41) is 0. The van der Waals surface area contributed by atoms with Crippen molar-refractivity contribution in [2.75, 3.05) is 13.7 Å². The molecule has 5 nitrogen and oxygen atoms in total. The first kappa shape index (κ1) is 13.9. The van der Waals surface area contributed by atoms with Gasteiger partial charge in [-0.25, -0.2) is 4.79 Å². The number of carbonyl (C=O) groups excluding carboxylic acids is 2. The van der Waals surface area contributed by atoms with Gasteiger partial charge in [0.25, 0.3) is 6.29 Å². The lowest BCUT2D eigenvalue weighted by Crippen LogP contribution is -2.31. The Labute approximate surface area is 105 Å². The third-order valence-electron chi connectivity index (χ3n) is 2.01. The van der Waals surface area contributed by atoms with Crippen LogP contribution in [0.25, 0.3) is 0 Å². The molecule has 96 valence electrons. The van der Waals surface area contributed by atoms with E-state index in [1.165, 1.54) is 13.2 Å². The molecule has 1 aromatic rings. The average Bonchev–Trinajstić information content (AvgIpc) is 2.42. The molecule has 0 aliphatic carbocycles. The normalized spacial score (nSPS) is 11.4. The Morgan fingerprint density at radius 2 is 2.06 bits per heavy atom. The van der Waals surface area contributed by atoms with Crippen molar-refractivity contribution in [2.45, 2.75) is 6.29 Å². The molecule has 0 saturated carbocycles. The maximum Gasteiger partial charge on any atom is 0.376 e. The van der Waals surface area contributed by atoms with Crippen molar-refractivity contribution < 1.29 is 23.8 Å². The van der Waals surface area contributed by atoms with Gasteiger partial charge in [0, 0.05) is 12.7 Å². The van der Waals surface area contributed by atoms with Gasteiger partial charge in [0.1, 0.15) is 18.6 Å². The highest BCUT2D eigenvalue weighted by Gasteiger charge is 2.21. The van der Waals surface area contributed by atoms with Crippen LogP contribution in [0.4, 0.5) is 0 Å². The summed E-state index contributed by atoms with van der Waals surface area (Å²) in [5.74, 6) is -0.236. The van der Waals surface area contributed by atoms with Crippen LogP contribution in [-0.4, -0.2) is 32.3 Å². The number of aldehydes is 1. The quantitative estimate of drug-likeness (QED) is 0.318. The Hall–Kier alpha value is -2.14. The lowest BCUT2D eigenvalue weighted by molar-refractivity contribution is -0.172. The van der Waals surface area contributed by atoms with E-state index in [0.717, 1.165) is 6.29 Å². The number of ether oxygens (including phenoxy) is 3. The van der Waals surface area contributed by atoms with Gasteiger partial charge in [-0.05, 0) is 24.3 Å². The maximum atomic E-state index is 11.5. The highest BCUT2D eigenvalue weighted by molar-refractivity contribution is 5.75. The Balaban J connectivity index is 2.63. The molecule has 0 bridgehead atoms. The molecule has 0 aliphatic rings. The van der Waals surface area contributed by atoms with E-state index in [0.29, 0.717) is 11.3 Å². The van der Waals surface area contributed by atoms with E-state index in [1.54, 1.807) is 24.3 Å². The summed E-state index contributed by atoms with van der Waals surface area (Å²) in [6.07, 6.45) is 1.02. The Bertz CT molecular complexity index is 410. The molecule has 1 atom stereocenters. The van der Waals surface area contributed by atoms with Crippen LogP contribution in [0.2, 0.25) is 0 Å². The summed E-state index contributed by atoms with van der Waals surface area (Å²) in [6, 6.07) is 6.28. The van der Waals surface area contributed by atoms with Crippen LogP contribution in [0.3, 0.4) is 0 Å². The van der Waals surface area contributed by atoms with Crippen LogP contribution in [-0.2, 0) is 14.3 Å². The molecular weight excluding hydrogens is 236 g/mol. The van der Waals surface area contributed by atoms with Crippen molar-refractivity contribution in [1.29, 1.82) is 0 Å². The molecule has 0 amide bonds. The fourth-order valence-corrected chi connectivity index (χ4v) is 1.15. The van der Waals surface area contributed by atoms with E-state index in [1.807, 2.05) is 0 Å². The first-order valence-electron chi connectivity index (χ1n) is 5.23. The number of benzene rings is 1. The van der Waals surface area contributed by atoms with Crippen LogP contribution >= 0.6 is 0 Å². The first-order valence-corrected chi connectivity index (χ1v) is 5.23. The predicted molar refractivity (Wildman–Crippen MR) is 64.4 cm³/mol. The minimum Gasteiger partial charge on any atom is -0.457 e. The number of esters is 1. The van der Waals surface area contributed by atoms with Crippen LogP contribution in [0, 0.1) is 0 Å². The van der Waals surface area contributed by atoms with Gasteiger partial charge in [0.2, 0.25) is 0 Å². The first-order chi connectivity index (χ1) is 8.71. The van der Waals surface area contributed by atoms with Crippen molar-refractivity contribution in [2.24, 2.45) is 0 Å². The second-order valence-electron chi connectivity index (χ2n) is 3.29. The third kappa shape index (κ3) is 4.03. The van der Waals surface area contributed by atoms with Gasteiger partial charge in [0.15, 0.2) is 0 Å². The van der Waals surface area contributed by atoms with Crippen molar-refractivity contribution in [3.8, 4) is 5.75 Å². The Kier molecular flexibility index (Phi) is 5.60. The van der Waals surface area contributed by atoms with E-state index >= 15 is 0 Å². The molecule has 1 aromatic carbocycles. The standard InChI is InChI=1S/C13H14O5/c1-3-8-17-12(15)13(16-2)18-11-6-4-10(9-14)5-7-11/h3-7,9,13H,1,8H2,2H3. The van der Waals surface area contributed by atoms with Gasteiger partial charge in [-0.3, -0.25) is 4.79 Å². The zero-order valence-electron chi connectivity index (χ0n) is 10.00. The molecule has 0 aliphatic heterocycles. The third-order valence-corrected chi connectivity index (χ3v) is 2.01. The fourth-order valence-electron chi connectivity index (χ4n) is 1.15. The summed E-state index contributed by atoms with van der Waals surface area (Å²) in [4.78, 5) is 22.0. The number of methoxy groups -OCH3 is 1. The number of carbonyl (C=O) groups is 2. The summed E-state index contributed by atoms with van der Waals surface area (Å²) < 4.78 is 14.9. The van der Waals surface area contributed by atoms with Crippen molar-refractivity contribution in [3.05, 3.63) is 42.5 Å². The lowest BCUT2D eigenvalue weighted by Gasteiger charge is -2.15. The molecule has 0 N–H and O–H groups in total. The largest absolute Gasteiger partial charge is 0.457 e. The molecule has 0 radical (unpaired) electrons. The SMILES string of the molecule is C=CCOC(=O)C(OC)Oc1ccc(C=O)cc1. The zero-order valence-corrected chi connectivity index (χ0v) is 10.00. The molecule has 0 aromatic heterocycles. The topological polar surface area (TPSA) is 61.8 Å². The van der Waals surface area contributed by atoms with Crippen LogP contribution in [0.5, 0.6) is 5.75 Å². The van der Waals surface area contributed by atoms with E-state index in [4.69, 9.17) is 14.2 Å². The maximum absolute atomic E-state index is 11.5. The van der Waals surface area contributed by atoms with Crippen LogP contribution in [0.15, 0.2) is 36.9 Å². The van der Waals surface area contributed by atoms with Crippen molar-refractivity contribution >= 4 is 12.3 Å². The molecule has 1 rings (SSSR count). The minimum absolute atomic E-state index is 0.0894. The van der Waals surface area contributed by atoms with Gasteiger partial charge in [-0.1, -0.05) is 12.7 Å². The molecule has 1 unspecified atom stereocenters. The fraction of sp³-hybridized carbons (Fsp3) is 0.231. The second-order valence-corrected chi connectivity index (χ2v) is 3.29. The summed E-state index contributed by atoms with van der Waals surface area (Å²) in [5.41, 5.74) is 0.519. The van der Waals surface area contributed by atoms with Crippen molar-refractivity contribution in [1.82, 2.24) is 0 Å².